The van der Waals surface area contributed by atoms with Crippen LogP contribution >= 0.6 is 12.6 Å². The highest BCUT2D eigenvalue weighted by molar-refractivity contribution is 7.80. The minimum absolute atomic E-state index is 0.00781. The lowest BCUT2D eigenvalue weighted by Gasteiger charge is -2.22. The number of hydrogen-bond acceptors (Lipinski definition) is 2. The first-order chi connectivity index (χ1) is 6.56. The molecule has 0 N–H and O–H groups in total. The first-order valence-corrected chi connectivity index (χ1v) is 4.91. The number of halogens is 2. The number of rotatable bonds is 3. The lowest BCUT2D eigenvalue weighted by atomic mass is 10.1. The zero-order valence-corrected chi connectivity index (χ0v) is 9.06. The van der Waals surface area contributed by atoms with Gasteiger partial charge < -0.3 is 4.90 Å². The molecular weight excluding hydrogens is 204 g/mol. The number of nitrogens with zero attached hydrogens (tertiary/aromatic N) is 1. The molecule has 1 nitrogen and oxygen atoms in total. The van der Waals surface area contributed by atoms with Crippen molar-refractivity contribution in [2.75, 3.05) is 19.8 Å². The summed E-state index contributed by atoms with van der Waals surface area (Å²) in [5.41, 5.74) is 0.740. The van der Waals surface area contributed by atoms with E-state index in [0.29, 0.717) is 5.75 Å². The van der Waals surface area contributed by atoms with Crippen molar-refractivity contribution >= 4 is 12.6 Å². The molecule has 0 heterocycles. The molecule has 0 spiro atoms. The first kappa shape index (κ1) is 11.5. The van der Waals surface area contributed by atoms with Crippen LogP contribution in [0.25, 0.3) is 0 Å². The minimum Gasteiger partial charge on any atom is -0.302 e. The van der Waals surface area contributed by atoms with Gasteiger partial charge >= 0.3 is 0 Å². The van der Waals surface area contributed by atoms with Gasteiger partial charge in [0.05, 0.1) is 0 Å². The zero-order valence-electron chi connectivity index (χ0n) is 8.17. The summed E-state index contributed by atoms with van der Waals surface area (Å²) in [6.45, 7) is 0. The Kier molecular flexibility index (Phi) is 3.89. The van der Waals surface area contributed by atoms with E-state index >= 15 is 0 Å². The van der Waals surface area contributed by atoms with Crippen LogP contribution in [0.4, 0.5) is 8.78 Å². The van der Waals surface area contributed by atoms with E-state index in [-0.39, 0.29) is 6.04 Å². The van der Waals surface area contributed by atoms with Crippen LogP contribution in [0.2, 0.25) is 0 Å². The highest BCUT2D eigenvalue weighted by Gasteiger charge is 2.13. The van der Waals surface area contributed by atoms with Gasteiger partial charge in [0.1, 0.15) is 0 Å². The normalized spacial score (nSPS) is 13.3. The van der Waals surface area contributed by atoms with Gasteiger partial charge in [-0.2, -0.15) is 12.6 Å². The molecule has 0 aliphatic heterocycles. The molecule has 0 amide bonds. The van der Waals surface area contributed by atoms with E-state index in [2.05, 4.69) is 12.6 Å². The number of thiol groups is 1. The molecule has 0 saturated carbocycles. The number of benzene rings is 1. The lowest BCUT2D eigenvalue weighted by molar-refractivity contribution is 0.325. The van der Waals surface area contributed by atoms with Gasteiger partial charge in [0.2, 0.25) is 0 Å². The third-order valence-corrected chi connectivity index (χ3v) is 2.47. The zero-order chi connectivity index (χ0) is 10.7. The smallest absolute Gasteiger partial charge is 0.159 e. The predicted octanol–water partition coefficient (Wildman–Crippen LogP) is 2.50. The van der Waals surface area contributed by atoms with Crippen molar-refractivity contribution in [3.63, 3.8) is 0 Å². The summed E-state index contributed by atoms with van der Waals surface area (Å²) >= 11 is 4.17. The van der Waals surface area contributed by atoms with Crippen LogP contribution in [0.15, 0.2) is 18.2 Å². The van der Waals surface area contributed by atoms with E-state index in [1.165, 1.54) is 6.07 Å². The van der Waals surface area contributed by atoms with Crippen molar-refractivity contribution in [2.24, 2.45) is 0 Å². The monoisotopic (exact) mass is 217 g/mol. The van der Waals surface area contributed by atoms with Gasteiger partial charge in [0, 0.05) is 11.8 Å². The Balaban J connectivity index is 3.00. The second-order valence-electron chi connectivity index (χ2n) is 3.34. The molecule has 1 atom stereocenters. The molecule has 0 bridgehead atoms. The van der Waals surface area contributed by atoms with Crippen LogP contribution < -0.4 is 0 Å². The SMILES string of the molecule is CN(C)C(CS)c1ccc(F)c(F)c1. The fourth-order valence-corrected chi connectivity index (χ4v) is 1.82. The topological polar surface area (TPSA) is 3.24 Å². The fourth-order valence-electron chi connectivity index (χ4n) is 1.29. The van der Waals surface area contributed by atoms with Gasteiger partial charge in [-0.15, -0.1) is 0 Å². The van der Waals surface area contributed by atoms with Crippen molar-refractivity contribution in [1.82, 2.24) is 4.90 Å². The van der Waals surface area contributed by atoms with E-state index in [4.69, 9.17) is 0 Å². The van der Waals surface area contributed by atoms with Gasteiger partial charge in [0.25, 0.3) is 0 Å². The van der Waals surface area contributed by atoms with Crippen LogP contribution in [0.5, 0.6) is 0 Å². The van der Waals surface area contributed by atoms with Gasteiger partial charge in [-0.05, 0) is 31.8 Å². The third kappa shape index (κ3) is 2.45. The second kappa shape index (κ2) is 4.75. The predicted molar refractivity (Wildman–Crippen MR) is 56.6 cm³/mol. The molecule has 1 unspecified atom stereocenters. The van der Waals surface area contributed by atoms with Gasteiger partial charge in [-0.3, -0.25) is 0 Å². The van der Waals surface area contributed by atoms with Crippen LogP contribution in [-0.4, -0.2) is 24.7 Å². The fraction of sp³-hybridized carbons (Fsp3) is 0.400. The third-order valence-electron chi connectivity index (χ3n) is 2.12. The van der Waals surface area contributed by atoms with Gasteiger partial charge in [-0.1, -0.05) is 6.07 Å². The Labute approximate surface area is 88.1 Å². The van der Waals surface area contributed by atoms with Crippen molar-refractivity contribution in [3.05, 3.63) is 35.4 Å². The van der Waals surface area contributed by atoms with Gasteiger partial charge in [0.15, 0.2) is 11.6 Å². The van der Waals surface area contributed by atoms with E-state index in [9.17, 15) is 8.78 Å². The van der Waals surface area contributed by atoms with E-state index < -0.39 is 11.6 Å². The average Bonchev–Trinajstić information content (AvgIpc) is 2.11. The summed E-state index contributed by atoms with van der Waals surface area (Å²) in [6, 6.07) is 3.95. The summed E-state index contributed by atoms with van der Waals surface area (Å²) in [6.07, 6.45) is 0. The Morgan fingerprint density at radius 1 is 1.29 bits per heavy atom. The molecule has 0 aromatic heterocycles. The molecule has 1 rings (SSSR count). The summed E-state index contributed by atoms with van der Waals surface area (Å²) < 4.78 is 25.6. The molecule has 14 heavy (non-hydrogen) atoms. The molecule has 0 saturated heterocycles. The Morgan fingerprint density at radius 2 is 1.93 bits per heavy atom. The molecular formula is C10H13F2NS. The van der Waals surface area contributed by atoms with Crippen molar-refractivity contribution in [2.45, 2.75) is 6.04 Å². The Morgan fingerprint density at radius 3 is 2.36 bits per heavy atom. The van der Waals surface area contributed by atoms with Crippen molar-refractivity contribution in [3.8, 4) is 0 Å². The maximum atomic E-state index is 12.9. The van der Waals surface area contributed by atoms with Gasteiger partial charge in [-0.25, -0.2) is 8.78 Å². The molecule has 4 heteroatoms. The second-order valence-corrected chi connectivity index (χ2v) is 3.70. The van der Waals surface area contributed by atoms with Crippen LogP contribution in [-0.2, 0) is 0 Å². The molecule has 0 aliphatic carbocycles. The highest BCUT2D eigenvalue weighted by Crippen LogP contribution is 2.21. The molecule has 1 aromatic carbocycles. The molecule has 0 aliphatic rings. The maximum absolute atomic E-state index is 12.9. The van der Waals surface area contributed by atoms with Crippen LogP contribution in [0.1, 0.15) is 11.6 Å². The summed E-state index contributed by atoms with van der Waals surface area (Å²) in [7, 11) is 3.75. The standard InChI is InChI=1S/C10H13F2NS/c1-13(2)10(6-14)7-3-4-8(11)9(12)5-7/h3-5,10,14H,6H2,1-2H3. The summed E-state index contributed by atoms with van der Waals surface area (Å²) in [4.78, 5) is 1.92. The average molecular weight is 217 g/mol. The maximum Gasteiger partial charge on any atom is 0.159 e. The van der Waals surface area contributed by atoms with E-state index in [1.807, 2.05) is 19.0 Å². The largest absolute Gasteiger partial charge is 0.302 e. The van der Waals surface area contributed by atoms with Crippen molar-refractivity contribution in [1.29, 1.82) is 0 Å². The number of hydrogen-bond donors (Lipinski definition) is 1. The summed E-state index contributed by atoms with van der Waals surface area (Å²) in [5.74, 6) is -1.06. The molecule has 0 fully saturated rings. The van der Waals surface area contributed by atoms with Crippen molar-refractivity contribution < 1.29 is 8.78 Å². The van der Waals surface area contributed by atoms with Crippen LogP contribution in [0, 0.1) is 11.6 Å². The molecule has 78 valence electrons. The Bertz CT molecular complexity index is 315. The van der Waals surface area contributed by atoms with E-state index in [0.717, 1.165) is 11.6 Å². The molecule has 1 aromatic rings. The van der Waals surface area contributed by atoms with E-state index in [1.54, 1.807) is 6.07 Å². The lowest BCUT2D eigenvalue weighted by Crippen LogP contribution is -2.21. The summed E-state index contributed by atoms with van der Waals surface area (Å²) in [5, 5.41) is 0. The first-order valence-electron chi connectivity index (χ1n) is 4.28. The minimum atomic E-state index is -0.814. The highest BCUT2D eigenvalue weighted by atomic mass is 32.1. The Hall–Kier alpha value is -0.610. The van der Waals surface area contributed by atoms with Crippen LogP contribution in [0.3, 0.4) is 0 Å². The molecule has 0 radical (unpaired) electrons. The quantitative estimate of drug-likeness (QED) is 0.761.